The van der Waals surface area contributed by atoms with Gasteiger partial charge in [-0.1, -0.05) is 37.3 Å². The first-order valence-corrected chi connectivity index (χ1v) is 12.2. The van der Waals surface area contributed by atoms with Gasteiger partial charge in [-0.3, -0.25) is 19.3 Å². The van der Waals surface area contributed by atoms with E-state index in [0.717, 1.165) is 25.8 Å². The number of rotatable bonds is 9. The third kappa shape index (κ3) is 6.50. The number of hydrogen-bond acceptors (Lipinski definition) is 7. The highest BCUT2D eigenvalue weighted by Crippen LogP contribution is 2.37. The van der Waals surface area contributed by atoms with Gasteiger partial charge in [-0.25, -0.2) is 0 Å². The number of carbonyl (C=O) groups is 3. The largest absolute Gasteiger partial charge is 0.493 e. The van der Waals surface area contributed by atoms with E-state index in [0.29, 0.717) is 30.1 Å². The first-order chi connectivity index (χ1) is 15.8. The van der Waals surface area contributed by atoms with Gasteiger partial charge in [-0.05, 0) is 77.0 Å². The fraction of sp³-hybridized carbons (Fsp3) is 0.292. The van der Waals surface area contributed by atoms with Gasteiger partial charge < -0.3 is 14.2 Å². The topological polar surface area (TPSA) is 82.1 Å². The van der Waals surface area contributed by atoms with Crippen molar-refractivity contribution in [1.29, 1.82) is 0 Å². The van der Waals surface area contributed by atoms with E-state index in [2.05, 4.69) is 22.6 Å². The summed E-state index contributed by atoms with van der Waals surface area (Å²) in [6.45, 7) is 3.62. The van der Waals surface area contributed by atoms with E-state index in [1.165, 1.54) is 0 Å². The molecule has 0 radical (unpaired) electrons. The number of ether oxygens (including phenoxy) is 3. The number of methoxy groups -OCH3 is 1. The molecule has 0 aromatic heterocycles. The van der Waals surface area contributed by atoms with Crippen LogP contribution >= 0.6 is 34.4 Å². The number of thioether (sulfide) groups is 1. The Hall–Kier alpha value is -2.53. The fourth-order valence-electron chi connectivity index (χ4n) is 2.95. The maximum atomic E-state index is 12.7. The highest BCUT2D eigenvalue weighted by Gasteiger charge is 2.37. The quantitative estimate of drug-likeness (QED) is 0.227. The third-order valence-electron chi connectivity index (χ3n) is 4.84. The minimum absolute atomic E-state index is 0.229. The summed E-state index contributed by atoms with van der Waals surface area (Å²) in [4.78, 5) is 38.2. The van der Waals surface area contributed by atoms with Crippen molar-refractivity contribution in [3.05, 3.63) is 62.1 Å². The van der Waals surface area contributed by atoms with Crippen LogP contribution in [-0.4, -0.2) is 41.8 Å². The number of esters is 1. The molecule has 1 aliphatic rings. The summed E-state index contributed by atoms with van der Waals surface area (Å²) < 4.78 is 17.4. The van der Waals surface area contributed by atoms with E-state index in [-0.39, 0.29) is 11.0 Å². The van der Waals surface area contributed by atoms with Crippen molar-refractivity contribution in [3.63, 3.8) is 0 Å². The van der Waals surface area contributed by atoms with Gasteiger partial charge in [-0.2, -0.15) is 0 Å². The lowest BCUT2D eigenvalue weighted by Crippen LogP contribution is -2.35. The average molecular weight is 581 g/mol. The van der Waals surface area contributed by atoms with Gasteiger partial charge in [0.1, 0.15) is 13.2 Å². The molecule has 0 unspecified atom stereocenters. The van der Waals surface area contributed by atoms with Gasteiger partial charge in [0.2, 0.25) is 0 Å². The number of benzene rings is 2. The zero-order chi connectivity index (χ0) is 24.0. The number of amides is 2. The summed E-state index contributed by atoms with van der Waals surface area (Å²) in [6.07, 6.45) is 1.99. The second-order valence-corrected chi connectivity index (χ2v) is 9.44. The Bertz CT molecular complexity index is 1070. The maximum absolute atomic E-state index is 12.7. The number of halogens is 1. The first-order valence-electron chi connectivity index (χ1n) is 10.3. The van der Waals surface area contributed by atoms with Crippen molar-refractivity contribution in [3.8, 4) is 11.5 Å². The van der Waals surface area contributed by atoms with E-state index < -0.39 is 23.7 Å². The molecule has 33 heavy (non-hydrogen) atoms. The Kier molecular flexibility index (Phi) is 8.79. The van der Waals surface area contributed by atoms with Gasteiger partial charge in [0, 0.05) is 0 Å². The van der Waals surface area contributed by atoms with Gasteiger partial charge in [0.15, 0.2) is 11.5 Å². The molecule has 174 valence electrons. The standard InChI is InChI=1S/C24H24INO6S/c1-4-15(2)32-21(27)13-26-23(28)20(33-24(26)29)12-17-10-18(25)22(19(11-17)30-3)31-14-16-8-6-5-7-9-16/h5-12,15H,4,13-14H2,1-3H3/b20-12+/t15-/m1/s1. The number of nitrogens with zero attached hydrogens (tertiary/aromatic N) is 1. The smallest absolute Gasteiger partial charge is 0.326 e. The molecular weight excluding hydrogens is 557 g/mol. The monoisotopic (exact) mass is 581 g/mol. The molecule has 0 N–H and O–H groups in total. The van der Waals surface area contributed by atoms with Crippen LogP contribution in [0, 0.1) is 3.57 Å². The molecule has 9 heteroatoms. The Morgan fingerprint density at radius 3 is 2.61 bits per heavy atom. The van der Waals surface area contributed by atoms with Crippen molar-refractivity contribution >= 4 is 57.5 Å². The second-order valence-electron chi connectivity index (χ2n) is 7.28. The lowest BCUT2D eigenvalue weighted by Gasteiger charge is -2.15. The van der Waals surface area contributed by atoms with Crippen molar-refractivity contribution < 1.29 is 28.6 Å². The molecule has 2 aromatic rings. The molecule has 0 spiro atoms. The summed E-state index contributed by atoms with van der Waals surface area (Å²) in [5.41, 5.74) is 1.70. The lowest BCUT2D eigenvalue weighted by molar-refractivity contribution is -0.150. The molecule has 3 rings (SSSR count). The van der Waals surface area contributed by atoms with Crippen molar-refractivity contribution in [2.24, 2.45) is 0 Å². The van der Waals surface area contributed by atoms with Gasteiger partial charge >= 0.3 is 5.97 Å². The van der Waals surface area contributed by atoms with Crippen LogP contribution in [0.25, 0.3) is 6.08 Å². The summed E-state index contributed by atoms with van der Waals surface area (Å²) in [7, 11) is 1.54. The van der Waals surface area contributed by atoms with Crippen LogP contribution in [0.2, 0.25) is 0 Å². The van der Waals surface area contributed by atoms with Gasteiger partial charge in [0.25, 0.3) is 11.1 Å². The van der Waals surface area contributed by atoms with Gasteiger partial charge in [-0.15, -0.1) is 0 Å². The molecule has 7 nitrogen and oxygen atoms in total. The minimum atomic E-state index is -0.607. The normalized spacial score (nSPS) is 15.6. The summed E-state index contributed by atoms with van der Waals surface area (Å²) in [5, 5.41) is -0.503. The molecule has 1 saturated heterocycles. The summed E-state index contributed by atoms with van der Waals surface area (Å²) in [6, 6.07) is 13.4. The third-order valence-corrected chi connectivity index (χ3v) is 6.55. The molecule has 2 aromatic carbocycles. The highest BCUT2D eigenvalue weighted by atomic mass is 127. The molecule has 1 atom stereocenters. The first kappa shape index (κ1) is 25.1. The SMILES string of the molecule is CC[C@@H](C)OC(=O)CN1C(=O)S/C(=C/c2cc(I)c(OCc3ccccc3)c(OC)c2)C1=O. The predicted octanol–water partition coefficient (Wildman–Crippen LogP) is 5.26. The molecule has 1 heterocycles. The Morgan fingerprint density at radius 2 is 1.94 bits per heavy atom. The minimum Gasteiger partial charge on any atom is -0.493 e. The molecule has 0 aliphatic carbocycles. The maximum Gasteiger partial charge on any atom is 0.326 e. The van der Waals surface area contributed by atoms with E-state index in [1.54, 1.807) is 26.2 Å². The van der Waals surface area contributed by atoms with Gasteiger partial charge in [0.05, 0.1) is 21.7 Å². The number of imide groups is 1. The fourth-order valence-corrected chi connectivity index (χ4v) is 4.57. The molecule has 0 bridgehead atoms. The zero-order valence-corrected chi connectivity index (χ0v) is 21.5. The van der Waals surface area contributed by atoms with E-state index in [1.807, 2.05) is 43.3 Å². The van der Waals surface area contributed by atoms with Crippen LogP contribution in [0.15, 0.2) is 47.4 Å². The van der Waals surface area contributed by atoms with Crippen LogP contribution < -0.4 is 9.47 Å². The van der Waals surface area contributed by atoms with Crippen molar-refractivity contribution in [1.82, 2.24) is 4.90 Å². The average Bonchev–Trinajstić information content (AvgIpc) is 3.05. The number of hydrogen-bond donors (Lipinski definition) is 0. The Morgan fingerprint density at radius 1 is 1.21 bits per heavy atom. The van der Waals surface area contributed by atoms with Crippen molar-refractivity contribution in [2.45, 2.75) is 33.0 Å². The second kappa shape index (κ2) is 11.6. The highest BCUT2D eigenvalue weighted by molar-refractivity contribution is 14.1. The van der Waals surface area contributed by atoms with Crippen LogP contribution in [0.3, 0.4) is 0 Å². The van der Waals surface area contributed by atoms with Crippen LogP contribution in [0.5, 0.6) is 11.5 Å². The lowest BCUT2D eigenvalue weighted by atomic mass is 10.1. The summed E-state index contributed by atoms with van der Waals surface area (Å²) >= 11 is 2.93. The van der Waals surface area contributed by atoms with E-state index in [4.69, 9.17) is 14.2 Å². The number of carbonyl (C=O) groups excluding carboxylic acids is 3. The Balaban J connectivity index is 1.75. The van der Waals surface area contributed by atoms with Crippen molar-refractivity contribution in [2.75, 3.05) is 13.7 Å². The zero-order valence-electron chi connectivity index (χ0n) is 18.5. The van der Waals surface area contributed by atoms with Crippen LogP contribution in [0.1, 0.15) is 31.4 Å². The predicted molar refractivity (Wildman–Crippen MR) is 135 cm³/mol. The molecule has 0 saturated carbocycles. The van der Waals surface area contributed by atoms with E-state index >= 15 is 0 Å². The van der Waals surface area contributed by atoms with E-state index in [9.17, 15) is 14.4 Å². The van der Waals surface area contributed by atoms with Crippen LogP contribution in [-0.2, 0) is 20.9 Å². The van der Waals surface area contributed by atoms with Crippen LogP contribution in [0.4, 0.5) is 4.79 Å². The summed E-state index contributed by atoms with van der Waals surface area (Å²) in [5.74, 6) is -0.0195. The molecule has 2 amide bonds. The molecule has 1 aliphatic heterocycles. The molecule has 1 fully saturated rings. The molecular formula is C24H24INO6S. The Labute approximate surface area is 210 Å².